The van der Waals surface area contributed by atoms with Crippen molar-refractivity contribution in [2.45, 2.75) is 13.0 Å². The summed E-state index contributed by atoms with van der Waals surface area (Å²) < 4.78 is 21.1. The van der Waals surface area contributed by atoms with Crippen molar-refractivity contribution in [2.24, 2.45) is 0 Å². The summed E-state index contributed by atoms with van der Waals surface area (Å²) in [6, 6.07) is 14.8. The number of ether oxygens (including phenoxy) is 4. The van der Waals surface area contributed by atoms with E-state index in [9.17, 15) is 9.59 Å². The smallest absolute Gasteiger partial charge is 0.330 e. The fourth-order valence-electron chi connectivity index (χ4n) is 2.47. The number of rotatable bonds is 11. The summed E-state index contributed by atoms with van der Waals surface area (Å²) in [6.45, 7) is 3.86. The lowest BCUT2D eigenvalue weighted by Crippen LogP contribution is -2.06. The molecule has 0 radical (unpaired) electrons. The molecule has 0 spiro atoms. The summed E-state index contributed by atoms with van der Waals surface area (Å²) in [4.78, 5) is 23.0. The third kappa shape index (κ3) is 7.54. The van der Waals surface area contributed by atoms with Crippen molar-refractivity contribution in [1.82, 2.24) is 0 Å². The SMILES string of the molecule is C=CC(=O)OCc1ccccc1OC/C=C/C(=O)OCCc1ccccc1OC. The van der Waals surface area contributed by atoms with E-state index in [2.05, 4.69) is 6.58 Å². The van der Waals surface area contributed by atoms with Crippen LogP contribution >= 0.6 is 0 Å². The average Bonchev–Trinajstić information content (AvgIpc) is 2.76. The third-order valence-electron chi connectivity index (χ3n) is 3.91. The third-order valence-corrected chi connectivity index (χ3v) is 3.91. The van der Waals surface area contributed by atoms with Gasteiger partial charge < -0.3 is 18.9 Å². The van der Waals surface area contributed by atoms with Gasteiger partial charge in [0.1, 0.15) is 24.7 Å². The molecule has 0 heterocycles. The molecule has 0 fully saturated rings. The van der Waals surface area contributed by atoms with Crippen molar-refractivity contribution in [3.05, 3.63) is 84.5 Å². The number of para-hydroxylation sites is 2. The van der Waals surface area contributed by atoms with Gasteiger partial charge in [0.25, 0.3) is 0 Å². The first kappa shape index (κ1) is 21.8. The van der Waals surface area contributed by atoms with E-state index in [1.54, 1.807) is 25.3 Å². The predicted molar refractivity (Wildman–Crippen MR) is 109 cm³/mol. The second kappa shape index (κ2) is 12.0. The van der Waals surface area contributed by atoms with Gasteiger partial charge in [-0.2, -0.15) is 0 Å². The Balaban J connectivity index is 1.75. The standard InChI is InChI=1S/C23H24O6/c1-3-22(24)29-17-19-10-5-7-12-21(19)27-15-8-13-23(25)28-16-14-18-9-4-6-11-20(18)26-2/h3-13H,1,14-17H2,2H3/b13-8+. The Kier molecular flexibility index (Phi) is 9.02. The van der Waals surface area contributed by atoms with Gasteiger partial charge >= 0.3 is 11.9 Å². The Hall–Kier alpha value is -3.54. The average molecular weight is 396 g/mol. The van der Waals surface area contributed by atoms with Crippen LogP contribution < -0.4 is 9.47 Å². The maximum atomic E-state index is 11.8. The minimum Gasteiger partial charge on any atom is -0.496 e. The second-order valence-corrected chi connectivity index (χ2v) is 5.86. The summed E-state index contributed by atoms with van der Waals surface area (Å²) >= 11 is 0. The van der Waals surface area contributed by atoms with Crippen molar-refractivity contribution in [3.63, 3.8) is 0 Å². The topological polar surface area (TPSA) is 71.1 Å². The highest BCUT2D eigenvalue weighted by atomic mass is 16.5. The fraction of sp³-hybridized carbons (Fsp3) is 0.217. The van der Waals surface area contributed by atoms with Crippen LogP contribution in [0.1, 0.15) is 11.1 Å². The minimum atomic E-state index is -0.504. The van der Waals surface area contributed by atoms with E-state index in [1.807, 2.05) is 36.4 Å². The van der Waals surface area contributed by atoms with Gasteiger partial charge in [-0.05, 0) is 23.8 Å². The lowest BCUT2D eigenvalue weighted by molar-refractivity contribution is -0.139. The molecule has 0 aromatic heterocycles. The van der Waals surface area contributed by atoms with Crippen molar-refractivity contribution >= 4 is 11.9 Å². The highest BCUT2D eigenvalue weighted by Gasteiger charge is 2.06. The fourth-order valence-corrected chi connectivity index (χ4v) is 2.47. The quantitative estimate of drug-likeness (QED) is 0.427. The molecule has 2 aromatic rings. The van der Waals surface area contributed by atoms with Gasteiger partial charge in [0.05, 0.1) is 13.7 Å². The van der Waals surface area contributed by atoms with Crippen LogP contribution in [0.15, 0.2) is 73.3 Å². The molecular formula is C23H24O6. The number of carbonyl (C=O) groups is 2. The van der Waals surface area contributed by atoms with E-state index in [1.165, 1.54) is 6.08 Å². The summed E-state index contributed by atoms with van der Waals surface area (Å²) in [7, 11) is 1.61. The van der Waals surface area contributed by atoms with Gasteiger partial charge in [0.2, 0.25) is 0 Å². The van der Waals surface area contributed by atoms with Gasteiger partial charge in [-0.1, -0.05) is 43.0 Å². The Morgan fingerprint density at radius 2 is 1.62 bits per heavy atom. The van der Waals surface area contributed by atoms with Crippen LogP contribution in [-0.4, -0.2) is 32.3 Å². The molecule has 0 atom stereocenters. The predicted octanol–water partition coefficient (Wildman–Crippen LogP) is 3.65. The first-order chi connectivity index (χ1) is 14.1. The highest BCUT2D eigenvalue weighted by molar-refractivity contribution is 5.82. The van der Waals surface area contributed by atoms with Crippen molar-refractivity contribution in [1.29, 1.82) is 0 Å². The van der Waals surface area contributed by atoms with E-state index in [-0.39, 0.29) is 19.8 Å². The summed E-state index contributed by atoms with van der Waals surface area (Å²) in [6.07, 6.45) is 4.56. The van der Waals surface area contributed by atoms with Gasteiger partial charge in [0.15, 0.2) is 0 Å². The monoisotopic (exact) mass is 396 g/mol. The number of carbonyl (C=O) groups excluding carboxylic acids is 2. The number of esters is 2. The van der Waals surface area contributed by atoms with Crippen molar-refractivity contribution < 1.29 is 28.5 Å². The minimum absolute atomic E-state index is 0.0791. The molecule has 2 aromatic carbocycles. The number of hydrogen-bond acceptors (Lipinski definition) is 6. The van der Waals surface area contributed by atoms with Gasteiger partial charge in [-0.25, -0.2) is 9.59 Å². The Morgan fingerprint density at radius 3 is 2.34 bits per heavy atom. The van der Waals surface area contributed by atoms with Crippen LogP contribution in [0, 0.1) is 0 Å². The van der Waals surface area contributed by atoms with Crippen LogP contribution in [0.2, 0.25) is 0 Å². The number of hydrogen-bond donors (Lipinski definition) is 0. The van der Waals surface area contributed by atoms with E-state index >= 15 is 0 Å². The van der Waals surface area contributed by atoms with Gasteiger partial charge in [-0.3, -0.25) is 0 Å². The molecule has 152 valence electrons. The molecule has 0 saturated carbocycles. The molecule has 0 aliphatic rings. The number of methoxy groups -OCH3 is 1. The Morgan fingerprint density at radius 1 is 0.931 bits per heavy atom. The van der Waals surface area contributed by atoms with Crippen LogP contribution in [0.25, 0.3) is 0 Å². The molecular weight excluding hydrogens is 372 g/mol. The van der Waals surface area contributed by atoms with Crippen molar-refractivity contribution in [2.75, 3.05) is 20.3 Å². The van der Waals surface area contributed by atoms with Gasteiger partial charge in [0, 0.05) is 24.1 Å². The molecule has 0 saturated heterocycles. The normalized spacial score (nSPS) is 10.4. The first-order valence-corrected chi connectivity index (χ1v) is 9.09. The lowest BCUT2D eigenvalue weighted by atomic mass is 10.1. The zero-order valence-corrected chi connectivity index (χ0v) is 16.3. The molecule has 0 unspecified atom stereocenters. The lowest BCUT2D eigenvalue weighted by Gasteiger charge is -2.10. The first-order valence-electron chi connectivity index (χ1n) is 9.09. The maximum Gasteiger partial charge on any atom is 0.330 e. The van der Waals surface area contributed by atoms with E-state index in [0.29, 0.717) is 12.2 Å². The zero-order chi connectivity index (χ0) is 20.9. The second-order valence-electron chi connectivity index (χ2n) is 5.86. The zero-order valence-electron chi connectivity index (χ0n) is 16.3. The molecule has 0 N–H and O–H groups in total. The molecule has 29 heavy (non-hydrogen) atoms. The molecule has 6 heteroatoms. The number of benzene rings is 2. The van der Waals surface area contributed by atoms with E-state index in [4.69, 9.17) is 18.9 Å². The molecule has 0 aliphatic heterocycles. The molecule has 0 bridgehead atoms. The summed E-state index contributed by atoms with van der Waals surface area (Å²) in [5, 5.41) is 0. The van der Waals surface area contributed by atoms with E-state index in [0.717, 1.165) is 23.0 Å². The molecule has 0 amide bonds. The summed E-state index contributed by atoms with van der Waals surface area (Å²) in [5.41, 5.74) is 1.69. The van der Waals surface area contributed by atoms with Crippen LogP contribution in [0.4, 0.5) is 0 Å². The Labute approximate surface area is 170 Å². The molecule has 6 nitrogen and oxygen atoms in total. The van der Waals surface area contributed by atoms with Crippen LogP contribution in [0.3, 0.4) is 0 Å². The van der Waals surface area contributed by atoms with Crippen LogP contribution in [0.5, 0.6) is 11.5 Å². The van der Waals surface area contributed by atoms with E-state index < -0.39 is 11.9 Å². The molecule has 2 rings (SSSR count). The largest absolute Gasteiger partial charge is 0.496 e. The summed E-state index contributed by atoms with van der Waals surface area (Å²) in [5.74, 6) is 0.385. The van der Waals surface area contributed by atoms with Crippen LogP contribution in [-0.2, 0) is 32.1 Å². The Bertz CT molecular complexity index is 856. The molecule has 0 aliphatic carbocycles. The highest BCUT2D eigenvalue weighted by Crippen LogP contribution is 2.19. The maximum absolute atomic E-state index is 11.8. The van der Waals surface area contributed by atoms with Gasteiger partial charge in [-0.15, -0.1) is 0 Å². The van der Waals surface area contributed by atoms with Crippen molar-refractivity contribution in [3.8, 4) is 11.5 Å².